The van der Waals surface area contributed by atoms with Crippen molar-refractivity contribution >= 4 is 16.8 Å². The van der Waals surface area contributed by atoms with Gasteiger partial charge in [-0.05, 0) is 42.3 Å². The summed E-state index contributed by atoms with van der Waals surface area (Å²) in [5.41, 5.74) is 8.00. The van der Waals surface area contributed by atoms with E-state index in [1.165, 1.54) is 6.07 Å². The van der Waals surface area contributed by atoms with Gasteiger partial charge in [0.1, 0.15) is 11.9 Å². The van der Waals surface area contributed by atoms with Crippen LogP contribution in [0.1, 0.15) is 22.5 Å². The number of nitrogens with two attached hydrogens (primary N) is 1. The van der Waals surface area contributed by atoms with Crippen molar-refractivity contribution in [2.45, 2.75) is 19.1 Å². The molecule has 1 fully saturated rings. The monoisotopic (exact) mass is 354 g/mol. The Morgan fingerprint density at radius 1 is 1.23 bits per heavy atom. The summed E-state index contributed by atoms with van der Waals surface area (Å²) in [5, 5.41) is 0.979. The van der Waals surface area contributed by atoms with Gasteiger partial charge in [0.2, 0.25) is 0 Å². The number of fused-ring (bicyclic) bond motifs is 1. The third-order valence-corrected chi connectivity index (χ3v) is 4.77. The number of carbonyl (C=O) groups is 1. The van der Waals surface area contributed by atoms with Crippen LogP contribution in [-0.4, -0.2) is 40.0 Å². The molecule has 6 nitrogen and oxygen atoms in total. The molecule has 2 aromatic heterocycles. The Balaban J connectivity index is 1.63. The summed E-state index contributed by atoms with van der Waals surface area (Å²) in [6, 6.07) is 11.0. The van der Waals surface area contributed by atoms with Gasteiger partial charge in [0, 0.05) is 30.5 Å². The molecule has 1 aliphatic heterocycles. The van der Waals surface area contributed by atoms with E-state index in [-0.39, 0.29) is 11.3 Å². The van der Waals surface area contributed by atoms with Crippen molar-refractivity contribution in [3.63, 3.8) is 0 Å². The molecule has 4 rings (SSSR count). The Morgan fingerprint density at radius 2 is 2.08 bits per heavy atom. The van der Waals surface area contributed by atoms with E-state index in [1.807, 2.05) is 24.3 Å². The maximum atomic E-state index is 13.3. The first kappa shape index (κ1) is 16.5. The molecule has 0 aliphatic carbocycles. The number of halogens is 1. The Labute approximate surface area is 148 Å². The number of hydrogen-bond acceptors (Lipinski definition) is 3. The predicted molar refractivity (Wildman–Crippen MR) is 97.7 cm³/mol. The number of alkyl halides is 1. The van der Waals surface area contributed by atoms with Crippen molar-refractivity contribution in [1.82, 2.24) is 14.9 Å². The van der Waals surface area contributed by atoms with Crippen LogP contribution in [0.5, 0.6) is 0 Å². The summed E-state index contributed by atoms with van der Waals surface area (Å²) >= 11 is 0. The lowest BCUT2D eigenvalue weighted by molar-refractivity contribution is 0.0995. The number of rotatable bonds is 4. The zero-order valence-corrected chi connectivity index (χ0v) is 14.1. The number of amides is 1. The molecule has 1 aliphatic rings. The normalized spacial score (nSPS) is 17.8. The molecule has 1 aromatic carbocycles. The van der Waals surface area contributed by atoms with E-state index in [4.69, 9.17) is 5.73 Å². The molecule has 4 N–H and O–H groups in total. The van der Waals surface area contributed by atoms with E-state index in [1.54, 1.807) is 6.07 Å². The maximum Gasteiger partial charge on any atom is 0.265 e. The van der Waals surface area contributed by atoms with Crippen molar-refractivity contribution in [1.29, 1.82) is 0 Å². The topological polar surface area (TPSA) is 95.0 Å². The third-order valence-electron chi connectivity index (χ3n) is 4.77. The molecule has 0 radical (unpaired) electrons. The summed E-state index contributed by atoms with van der Waals surface area (Å²) in [6.07, 6.45) is -0.131. The molecular weight excluding hydrogens is 335 g/mol. The Morgan fingerprint density at radius 3 is 2.77 bits per heavy atom. The van der Waals surface area contributed by atoms with Crippen molar-refractivity contribution in [2.24, 2.45) is 5.73 Å². The van der Waals surface area contributed by atoms with Gasteiger partial charge in [-0.25, -0.2) is 4.39 Å². The highest BCUT2D eigenvalue weighted by atomic mass is 19.1. The van der Waals surface area contributed by atoms with Crippen LogP contribution in [0.2, 0.25) is 0 Å². The third kappa shape index (κ3) is 3.13. The first-order valence-electron chi connectivity index (χ1n) is 8.51. The number of primary amides is 1. The van der Waals surface area contributed by atoms with Crippen molar-refractivity contribution in [2.75, 3.05) is 13.1 Å². The predicted octanol–water partition coefficient (Wildman–Crippen LogP) is 2.17. The lowest BCUT2D eigenvalue weighted by Gasteiger charge is -2.14. The molecular formula is C19H19FN4O2. The van der Waals surface area contributed by atoms with E-state index in [2.05, 4.69) is 14.9 Å². The van der Waals surface area contributed by atoms with Crippen molar-refractivity contribution < 1.29 is 9.18 Å². The summed E-state index contributed by atoms with van der Waals surface area (Å²) < 4.78 is 13.3. The van der Waals surface area contributed by atoms with E-state index in [0.29, 0.717) is 30.8 Å². The highest BCUT2D eigenvalue weighted by Gasteiger charge is 2.21. The molecule has 3 heterocycles. The minimum absolute atomic E-state index is 0.0777. The molecule has 0 bridgehead atoms. The van der Waals surface area contributed by atoms with Crippen molar-refractivity contribution in [3.8, 4) is 11.3 Å². The highest BCUT2D eigenvalue weighted by Crippen LogP contribution is 2.24. The minimum atomic E-state index is -0.729. The van der Waals surface area contributed by atoms with Crippen molar-refractivity contribution in [3.05, 3.63) is 58.0 Å². The van der Waals surface area contributed by atoms with Crippen LogP contribution in [-0.2, 0) is 6.54 Å². The van der Waals surface area contributed by atoms with Gasteiger partial charge in [-0.1, -0.05) is 6.07 Å². The number of carbonyl (C=O) groups excluding carboxylic acids is 1. The van der Waals surface area contributed by atoms with Crippen LogP contribution < -0.4 is 11.3 Å². The number of nitrogens with one attached hydrogen (secondary N) is 2. The number of aromatic nitrogens is 2. The summed E-state index contributed by atoms with van der Waals surface area (Å²) in [4.78, 5) is 31.2. The lowest BCUT2D eigenvalue weighted by atomic mass is 10.1. The number of likely N-dealkylation sites (tertiary alicyclic amines) is 1. The number of nitrogens with zero attached hydrogens (tertiary/aromatic N) is 1. The standard InChI is InChI=1S/C19H19FN4O2/c20-13-5-6-24(10-13)9-11-1-3-15-12(7-11)8-17(22-15)14-2-4-16(18(21)25)23-19(14)26/h1-4,7-8,13,22H,5-6,9-10H2,(H2,21,25)(H,23,26)/t13-/m0/s1. The van der Waals surface area contributed by atoms with E-state index in [0.717, 1.165) is 23.0 Å². The summed E-state index contributed by atoms with van der Waals surface area (Å²) in [7, 11) is 0. The molecule has 1 saturated heterocycles. The molecule has 0 unspecified atom stereocenters. The van der Waals surface area contributed by atoms with Crippen LogP contribution in [0.25, 0.3) is 22.2 Å². The second-order valence-corrected chi connectivity index (χ2v) is 6.70. The molecule has 26 heavy (non-hydrogen) atoms. The summed E-state index contributed by atoms with van der Waals surface area (Å²) in [5.74, 6) is -0.674. The Hall–Kier alpha value is -2.93. The number of benzene rings is 1. The first-order chi connectivity index (χ1) is 12.5. The number of pyridine rings is 1. The van der Waals surface area contributed by atoms with Gasteiger partial charge >= 0.3 is 0 Å². The fraction of sp³-hybridized carbons (Fsp3) is 0.263. The Kier molecular flexibility index (Phi) is 4.08. The quantitative estimate of drug-likeness (QED) is 0.670. The van der Waals surface area contributed by atoms with Gasteiger partial charge in [0.15, 0.2) is 0 Å². The number of hydrogen-bond donors (Lipinski definition) is 3. The van der Waals surface area contributed by atoms with Crippen LogP contribution >= 0.6 is 0 Å². The maximum absolute atomic E-state index is 13.3. The molecule has 7 heteroatoms. The molecule has 1 atom stereocenters. The number of aromatic amines is 2. The van der Waals surface area contributed by atoms with Gasteiger partial charge in [-0.2, -0.15) is 0 Å². The first-order valence-corrected chi connectivity index (χ1v) is 8.51. The van der Waals surface area contributed by atoms with E-state index < -0.39 is 12.1 Å². The average molecular weight is 354 g/mol. The van der Waals surface area contributed by atoms with Gasteiger partial charge in [-0.15, -0.1) is 0 Å². The highest BCUT2D eigenvalue weighted by molar-refractivity contribution is 5.91. The zero-order valence-electron chi connectivity index (χ0n) is 14.1. The fourth-order valence-electron chi connectivity index (χ4n) is 3.44. The molecule has 1 amide bonds. The Bertz CT molecular complexity index is 1040. The van der Waals surface area contributed by atoms with Gasteiger partial charge < -0.3 is 15.7 Å². The van der Waals surface area contributed by atoms with E-state index in [9.17, 15) is 14.0 Å². The number of H-pyrrole nitrogens is 2. The largest absolute Gasteiger partial charge is 0.364 e. The lowest BCUT2D eigenvalue weighted by Crippen LogP contribution is -2.20. The van der Waals surface area contributed by atoms with E-state index >= 15 is 0 Å². The van der Waals surface area contributed by atoms with Crippen LogP contribution in [0, 0.1) is 0 Å². The summed E-state index contributed by atoms with van der Waals surface area (Å²) in [6.45, 7) is 1.97. The van der Waals surface area contributed by atoms with Gasteiger partial charge in [0.25, 0.3) is 11.5 Å². The molecule has 0 saturated carbocycles. The zero-order chi connectivity index (χ0) is 18.3. The van der Waals surface area contributed by atoms with Gasteiger partial charge in [-0.3, -0.25) is 14.5 Å². The SMILES string of the molecule is NC(=O)c1ccc(-c2cc3cc(CN4CC[C@H](F)C4)ccc3[nH]2)c(=O)[nH]1. The second kappa shape index (κ2) is 6.42. The second-order valence-electron chi connectivity index (χ2n) is 6.70. The average Bonchev–Trinajstić information content (AvgIpc) is 3.20. The van der Waals surface area contributed by atoms with Crippen LogP contribution in [0.15, 0.2) is 41.2 Å². The molecule has 3 aromatic rings. The molecule has 134 valence electrons. The smallest absolute Gasteiger partial charge is 0.265 e. The van der Waals surface area contributed by atoms with Crippen LogP contribution in [0.3, 0.4) is 0 Å². The fourth-order valence-corrected chi connectivity index (χ4v) is 3.44. The van der Waals surface area contributed by atoms with Crippen LogP contribution in [0.4, 0.5) is 4.39 Å². The minimum Gasteiger partial charge on any atom is -0.364 e. The van der Waals surface area contributed by atoms with Gasteiger partial charge in [0.05, 0.1) is 11.3 Å². The molecule has 0 spiro atoms.